The summed E-state index contributed by atoms with van der Waals surface area (Å²) in [6, 6.07) is 0. The van der Waals surface area contributed by atoms with E-state index in [1.165, 1.54) is 0 Å². The fourth-order valence-electron chi connectivity index (χ4n) is 1.58. The maximum atomic E-state index is 13.4. The van der Waals surface area contributed by atoms with Crippen LogP contribution in [0.2, 0.25) is 0 Å². The van der Waals surface area contributed by atoms with Crippen LogP contribution in [0.3, 0.4) is 0 Å². The Labute approximate surface area is 138 Å². The number of hydrogen-bond acceptors (Lipinski definition) is 0. The summed E-state index contributed by atoms with van der Waals surface area (Å²) in [6.07, 6.45) is -33.5. The van der Waals surface area contributed by atoms with E-state index in [9.17, 15) is 65.9 Å². The van der Waals surface area contributed by atoms with Crippen LogP contribution in [-0.4, -0.2) is 36.3 Å². The highest BCUT2D eigenvalue weighted by atomic mass is 35.5. The maximum Gasteiger partial charge on any atom is 0.431 e. The molecule has 0 spiro atoms. The Kier molecular flexibility index (Phi) is 6.90. The monoisotopic (exact) mass is 444 g/mol. The van der Waals surface area contributed by atoms with Gasteiger partial charge in [-0.3, -0.25) is 0 Å². The van der Waals surface area contributed by atoms with E-state index in [4.69, 9.17) is 0 Å². The van der Waals surface area contributed by atoms with Crippen molar-refractivity contribution in [3.63, 3.8) is 0 Å². The Morgan fingerprint density at radius 2 is 1.08 bits per heavy atom. The Balaban J connectivity index is 6.37. The van der Waals surface area contributed by atoms with E-state index >= 15 is 0 Å². The first-order chi connectivity index (χ1) is 11.1. The van der Waals surface area contributed by atoms with Crippen LogP contribution < -0.4 is 0 Å². The molecule has 0 radical (unpaired) electrons. The molecular weight excluding hydrogens is 441 g/mol. The first-order valence-electron chi connectivity index (χ1n) is 5.72. The largest absolute Gasteiger partial charge is 0.431 e. The fourth-order valence-corrected chi connectivity index (χ4v) is 1.73. The predicted octanol–water partition coefficient (Wildman–Crippen LogP) is 6.71. The van der Waals surface area contributed by atoms with E-state index in [0.717, 1.165) is 0 Å². The van der Waals surface area contributed by atoms with Crippen LogP contribution in [0.1, 0.15) is 6.42 Å². The van der Waals surface area contributed by atoms with Gasteiger partial charge >= 0.3 is 18.5 Å². The first kappa shape index (κ1) is 25.0. The zero-order valence-electron chi connectivity index (χ0n) is 11.4. The van der Waals surface area contributed by atoms with Crippen molar-refractivity contribution >= 4 is 11.6 Å². The van der Waals surface area contributed by atoms with Crippen LogP contribution >= 0.6 is 11.6 Å². The third-order valence-electron chi connectivity index (χ3n) is 2.98. The lowest BCUT2D eigenvalue weighted by atomic mass is 9.84. The van der Waals surface area contributed by atoms with E-state index in [-0.39, 0.29) is 0 Å². The Morgan fingerprint density at radius 1 is 0.731 bits per heavy atom. The van der Waals surface area contributed by atoms with Crippen LogP contribution in [-0.2, 0) is 0 Å². The smallest absolute Gasteiger partial charge is 0.234 e. The van der Waals surface area contributed by atoms with Gasteiger partial charge in [0, 0.05) is 6.42 Å². The molecule has 0 amide bonds. The fraction of sp³-hybridized carbons (Fsp3) is 0.800. The van der Waals surface area contributed by atoms with Crippen molar-refractivity contribution in [1.82, 2.24) is 0 Å². The van der Waals surface area contributed by atoms with Crippen molar-refractivity contribution in [3.05, 3.63) is 11.1 Å². The van der Waals surface area contributed by atoms with Crippen molar-refractivity contribution in [1.29, 1.82) is 0 Å². The molecule has 0 saturated heterocycles. The molecule has 0 fully saturated rings. The van der Waals surface area contributed by atoms with Gasteiger partial charge < -0.3 is 0 Å². The molecule has 0 saturated carbocycles. The van der Waals surface area contributed by atoms with Gasteiger partial charge in [-0.05, 0) is 0 Å². The number of hydrogen-bond donors (Lipinski definition) is 0. The van der Waals surface area contributed by atoms with Crippen LogP contribution in [0.5, 0.6) is 0 Å². The Bertz CT molecular complexity index is 506. The molecule has 16 heteroatoms. The lowest BCUT2D eigenvalue weighted by Gasteiger charge is -2.37. The topological polar surface area (TPSA) is 0 Å². The molecule has 26 heavy (non-hydrogen) atoms. The molecule has 0 rings (SSSR count). The summed E-state index contributed by atoms with van der Waals surface area (Å²) in [5.41, 5.74) is -6.84. The lowest BCUT2D eigenvalue weighted by Crippen LogP contribution is -2.58. The minimum atomic E-state index is -7.17. The van der Waals surface area contributed by atoms with E-state index in [1.54, 1.807) is 0 Å². The molecular formula is C10H4ClF15. The highest BCUT2D eigenvalue weighted by Gasteiger charge is 2.76. The van der Waals surface area contributed by atoms with E-state index in [0.29, 0.717) is 0 Å². The van der Waals surface area contributed by atoms with Gasteiger partial charge in [0.2, 0.25) is 6.17 Å². The standard InChI is InChI=1S/C10H4ClF15/c11-3(5(13)14)4(12)7(16,17)2(8(18,19)20)1-6(15,9(21,22)23)10(24,25)26/h2,4H,1H2. The van der Waals surface area contributed by atoms with Gasteiger partial charge in [-0.1, -0.05) is 11.6 Å². The Morgan fingerprint density at radius 3 is 1.31 bits per heavy atom. The first-order valence-corrected chi connectivity index (χ1v) is 6.10. The minimum absolute atomic E-state index is 2.90. The maximum absolute atomic E-state index is 13.4. The number of halogens is 16. The SMILES string of the molecule is FC(F)=C(Cl)C(F)C(F)(F)C(CC(F)(C(F)(F)F)C(F)(F)F)C(F)(F)F. The Hall–Kier alpha value is -1.02. The predicted molar refractivity (Wildman–Crippen MR) is 55.0 cm³/mol. The molecule has 0 aliphatic rings. The third kappa shape index (κ3) is 4.82. The zero-order chi connectivity index (χ0) is 21.5. The molecule has 0 aromatic heterocycles. The minimum Gasteiger partial charge on any atom is -0.234 e. The number of alkyl halides is 13. The lowest BCUT2D eigenvalue weighted by molar-refractivity contribution is -0.361. The van der Waals surface area contributed by atoms with Gasteiger partial charge in [0.15, 0.2) is 0 Å². The molecule has 0 nitrogen and oxygen atoms in total. The van der Waals surface area contributed by atoms with Crippen molar-refractivity contribution in [3.8, 4) is 0 Å². The van der Waals surface area contributed by atoms with Gasteiger partial charge in [-0.15, -0.1) is 0 Å². The van der Waals surface area contributed by atoms with Crippen LogP contribution in [0.25, 0.3) is 0 Å². The van der Waals surface area contributed by atoms with Crippen molar-refractivity contribution in [2.24, 2.45) is 5.92 Å². The second-order valence-corrected chi connectivity index (χ2v) is 5.15. The highest BCUT2D eigenvalue weighted by Crippen LogP contribution is 2.55. The second kappa shape index (κ2) is 7.19. The number of allylic oxidation sites excluding steroid dienone is 1. The summed E-state index contributed by atoms with van der Waals surface area (Å²) >= 11 is 4.27. The quantitative estimate of drug-likeness (QED) is 0.414. The van der Waals surface area contributed by atoms with Crippen molar-refractivity contribution in [2.75, 3.05) is 0 Å². The summed E-state index contributed by atoms with van der Waals surface area (Å²) in [5.74, 6) is -11.7. The summed E-state index contributed by atoms with van der Waals surface area (Å²) in [5, 5.41) is -2.90. The molecule has 0 bridgehead atoms. The summed E-state index contributed by atoms with van der Waals surface area (Å²) in [6.45, 7) is 0. The molecule has 0 heterocycles. The average molecular weight is 445 g/mol. The zero-order valence-corrected chi connectivity index (χ0v) is 12.2. The molecule has 2 atom stereocenters. The van der Waals surface area contributed by atoms with Crippen molar-refractivity contribution < 1.29 is 65.9 Å². The van der Waals surface area contributed by atoms with E-state index in [1.807, 2.05) is 0 Å². The van der Waals surface area contributed by atoms with Crippen molar-refractivity contribution in [2.45, 2.75) is 42.7 Å². The number of rotatable bonds is 5. The molecule has 0 aromatic carbocycles. The van der Waals surface area contributed by atoms with Crippen LogP contribution in [0.15, 0.2) is 11.1 Å². The van der Waals surface area contributed by atoms with Gasteiger partial charge in [0.25, 0.3) is 17.7 Å². The van der Waals surface area contributed by atoms with Gasteiger partial charge in [-0.2, -0.15) is 48.3 Å². The van der Waals surface area contributed by atoms with Crippen LogP contribution in [0, 0.1) is 5.92 Å². The summed E-state index contributed by atoms with van der Waals surface area (Å²) < 4.78 is 189. The van der Waals surface area contributed by atoms with Crippen LogP contribution in [0.4, 0.5) is 65.9 Å². The van der Waals surface area contributed by atoms with Gasteiger partial charge in [0.05, 0.1) is 0 Å². The van der Waals surface area contributed by atoms with E-state index in [2.05, 4.69) is 11.6 Å². The molecule has 156 valence electrons. The molecule has 0 aliphatic heterocycles. The molecule has 2 unspecified atom stereocenters. The van der Waals surface area contributed by atoms with E-state index < -0.39 is 59.7 Å². The average Bonchev–Trinajstić information content (AvgIpc) is 2.38. The summed E-state index contributed by atoms with van der Waals surface area (Å²) in [4.78, 5) is 0. The second-order valence-electron chi connectivity index (χ2n) is 4.74. The third-order valence-corrected chi connectivity index (χ3v) is 3.32. The normalized spacial score (nSPS) is 17.1. The van der Waals surface area contributed by atoms with Gasteiger partial charge in [-0.25, -0.2) is 17.6 Å². The van der Waals surface area contributed by atoms with Gasteiger partial charge in [0.1, 0.15) is 11.0 Å². The molecule has 0 aliphatic carbocycles. The highest BCUT2D eigenvalue weighted by molar-refractivity contribution is 6.30. The molecule has 0 N–H and O–H groups in total. The summed E-state index contributed by atoms with van der Waals surface area (Å²) in [7, 11) is 0. The molecule has 0 aromatic rings.